The van der Waals surface area contributed by atoms with E-state index in [0.29, 0.717) is 11.5 Å². The molecule has 8 atom stereocenters. The summed E-state index contributed by atoms with van der Waals surface area (Å²) in [5.41, 5.74) is 6.05. The second-order valence-corrected chi connectivity index (χ2v) is 13.6. The molecule has 5 rings (SSSR count). The first-order valence-electron chi connectivity index (χ1n) is 15.6. The fourth-order valence-corrected chi connectivity index (χ4v) is 9.24. The summed E-state index contributed by atoms with van der Waals surface area (Å²) in [5.74, 6) is 5.06. The smallest absolute Gasteiger partial charge is 0.157 e. The molecule has 0 aromatic carbocycles. The molecule has 5 unspecified atom stereocenters. The zero-order chi connectivity index (χ0) is 24.6. The van der Waals surface area contributed by atoms with Crippen molar-refractivity contribution in [3.63, 3.8) is 0 Å². The second-order valence-electron chi connectivity index (χ2n) is 13.6. The second kappa shape index (κ2) is 11.0. The van der Waals surface area contributed by atoms with Crippen LogP contribution in [0.5, 0.6) is 0 Å². The third kappa shape index (κ3) is 5.22. The Morgan fingerprint density at radius 3 is 2.69 bits per heavy atom. The van der Waals surface area contributed by atoms with Gasteiger partial charge in [0.25, 0.3) is 0 Å². The van der Waals surface area contributed by atoms with Crippen LogP contribution in [-0.4, -0.2) is 19.0 Å². The van der Waals surface area contributed by atoms with Crippen molar-refractivity contribution in [2.24, 2.45) is 40.9 Å². The van der Waals surface area contributed by atoms with E-state index in [1.54, 1.807) is 0 Å². The molecule has 4 aliphatic carbocycles. The monoisotopic (exact) mass is 482 g/mol. The molecule has 5 aliphatic rings. The Bertz CT molecular complexity index is 787. The van der Waals surface area contributed by atoms with E-state index < -0.39 is 0 Å². The standard InChI is InChI=1S/C33H54O2/c1-6-24-20-29-27(26-14-13-25(21-28(24)26)35-32-12-7-8-19-34-32)17-18-33(5)30(15-16-31(29)33)23(4)11-9-10-22(2)3/h15,22-25,27,29,31-32H,6-14,16-21H2,1-5H3/t23?,24?,25-,27?,29+,31?,32?,33+/m0/s1. The van der Waals surface area contributed by atoms with E-state index in [9.17, 15) is 0 Å². The molecule has 0 bridgehead atoms. The summed E-state index contributed by atoms with van der Waals surface area (Å²) < 4.78 is 12.5. The van der Waals surface area contributed by atoms with Gasteiger partial charge >= 0.3 is 0 Å². The molecule has 1 aliphatic heterocycles. The maximum absolute atomic E-state index is 6.52. The summed E-state index contributed by atoms with van der Waals surface area (Å²) >= 11 is 0. The van der Waals surface area contributed by atoms with E-state index in [0.717, 1.165) is 48.5 Å². The Morgan fingerprint density at radius 1 is 1.09 bits per heavy atom. The Hall–Kier alpha value is -0.600. The van der Waals surface area contributed by atoms with Crippen LogP contribution in [0.3, 0.4) is 0 Å². The zero-order valence-corrected chi connectivity index (χ0v) is 23.6. The molecular formula is C33H54O2. The highest BCUT2D eigenvalue weighted by Gasteiger charge is 2.54. The number of allylic oxidation sites excluding steroid dienone is 3. The predicted molar refractivity (Wildman–Crippen MR) is 146 cm³/mol. The minimum absolute atomic E-state index is 0.0632. The van der Waals surface area contributed by atoms with Gasteiger partial charge in [-0.05, 0) is 118 Å². The quantitative estimate of drug-likeness (QED) is 0.321. The summed E-state index contributed by atoms with van der Waals surface area (Å²) in [6, 6.07) is 0. The minimum atomic E-state index is 0.0632. The van der Waals surface area contributed by atoms with Crippen molar-refractivity contribution in [2.75, 3.05) is 6.61 Å². The summed E-state index contributed by atoms with van der Waals surface area (Å²) in [4.78, 5) is 0. The van der Waals surface area contributed by atoms with Gasteiger partial charge in [-0.3, -0.25) is 0 Å². The molecular weight excluding hydrogens is 428 g/mol. The number of fused-ring (bicyclic) bond motifs is 4. The predicted octanol–water partition coefficient (Wildman–Crippen LogP) is 9.25. The maximum atomic E-state index is 6.52. The minimum Gasteiger partial charge on any atom is -0.353 e. The first kappa shape index (κ1) is 26.0. The van der Waals surface area contributed by atoms with Crippen molar-refractivity contribution >= 4 is 0 Å². The summed E-state index contributed by atoms with van der Waals surface area (Å²) in [7, 11) is 0. The molecule has 2 nitrogen and oxygen atoms in total. The van der Waals surface area contributed by atoms with Gasteiger partial charge in [-0.15, -0.1) is 0 Å². The van der Waals surface area contributed by atoms with Gasteiger partial charge in [0.1, 0.15) is 0 Å². The molecule has 0 N–H and O–H groups in total. The highest BCUT2D eigenvalue weighted by molar-refractivity contribution is 5.33. The Morgan fingerprint density at radius 2 is 1.94 bits per heavy atom. The molecule has 2 fully saturated rings. The highest BCUT2D eigenvalue weighted by Crippen LogP contribution is 2.63. The van der Waals surface area contributed by atoms with Gasteiger partial charge in [-0.2, -0.15) is 0 Å². The van der Waals surface area contributed by atoms with E-state index >= 15 is 0 Å². The van der Waals surface area contributed by atoms with Gasteiger partial charge < -0.3 is 9.47 Å². The van der Waals surface area contributed by atoms with Crippen LogP contribution < -0.4 is 0 Å². The Balaban J connectivity index is 1.28. The Kier molecular flexibility index (Phi) is 8.20. The van der Waals surface area contributed by atoms with Crippen molar-refractivity contribution in [3.8, 4) is 0 Å². The largest absolute Gasteiger partial charge is 0.353 e. The number of ether oxygens (including phenoxy) is 2. The topological polar surface area (TPSA) is 18.5 Å². The lowest BCUT2D eigenvalue weighted by Gasteiger charge is -2.54. The Labute approximate surface area is 216 Å². The van der Waals surface area contributed by atoms with Crippen LogP contribution in [0.4, 0.5) is 0 Å². The number of rotatable bonds is 8. The average molecular weight is 483 g/mol. The van der Waals surface area contributed by atoms with Crippen LogP contribution in [-0.2, 0) is 9.47 Å². The lowest BCUT2D eigenvalue weighted by molar-refractivity contribution is -0.190. The van der Waals surface area contributed by atoms with Crippen molar-refractivity contribution in [1.29, 1.82) is 0 Å². The van der Waals surface area contributed by atoms with Gasteiger partial charge in [0.05, 0.1) is 6.10 Å². The van der Waals surface area contributed by atoms with E-state index in [4.69, 9.17) is 9.47 Å². The third-order valence-electron chi connectivity index (χ3n) is 11.1. The molecule has 35 heavy (non-hydrogen) atoms. The van der Waals surface area contributed by atoms with Crippen LogP contribution in [0.1, 0.15) is 125 Å². The highest BCUT2D eigenvalue weighted by atomic mass is 16.7. The van der Waals surface area contributed by atoms with E-state index in [-0.39, 0.29) is 6.29 Å². The van der Waals surface area contributed by atoms with Gasteiger partial charge in [-0.1, -0.05) is 70.3 Å². The first-order valence-corrected chi connectivity index (χ1v) is 15.6. The molecule has 0 amide bonds. The lowest BCUT2D eigenvalue weighted by atomic mass is 9.51. The SMILES string of the molecule is CCC1C[C@@H]2C(CC[C@]3(C)C(C(C)CCCC(C)C)=CCC23)C2=C1C[C@@H](OC1CCCCO1)CC2. The first-order chi connectivity index (χ1) is 16.9. The fourth-order valence-electron chi connectivity index (χ4n) is 9.24. The maximum Gasteiger partial charge on any atom is 0.157 e. The van der Waals surface area contributed by atoms with E-state index in [1.165, 1.54) is 83.5 Å². The molecule has 1 heterocycles. The van der Waals surface area contributed by atoms with Crippen LogP contribution in [0.2, 0.25) is 0 Å². The van der Waals surface area contributed by atoms with Crippen LogP contribution in [0, 0.1) is 40.9 Å². The van der Waals surface area contributed by atoms with Crippen molar-refractivity contribution < 1.29 is 9.47 Å². The fraction of sp³-hybridized carbons (Fsp3) is 0.879. The molecule has 0 aromatic heterocycles. The average Bonchev–Trinajstić information content (AvgIpc) is 3.21. The summed E-state index contributed by atoms with van der Waals surface area (Å²) in [5, 5.41) is 0. The number of hydrogen-bond donors (Lipinski definition) is 0. The van der Waals surface area contributed by atoms with Crippen LogP contribution in [0.25, 0.3) is 0 Å². The van der Waals surface area contributed by atoms with E-state index in [2.05, 4.69) is 40.7 Å². The lowest BCUT2D eigenvalue weighted by Crippen LogP contribution is -2.45. The molecule has 2 heteroatoms. The van der Waals surface area contributed by atoms with Crippen LogP contribution in [0.15, 0.2) is 22.8 Å². The van der Waals surface area contributed by atoms with Gasteiger partial charge in [0.15, 0.2) is 6.29 Å². The summed E-state index contributed by atoms with van der Waals surface area (Å²) in [6.07, 6.45) is 21.6. The van der Waals surface area contributed by atoms with Crippen molar-refractivity contribution in [3.05, 3.63) is 22.8 Å². The third-order valence-corrected chi connectivity index (χ3v) is 11.1. The summed E-state index contributed by atoms with van der Waals surface area (Å²) in [6.45, 7) is 13.3. The molecule has 0 aromatic rings. The van der Waals surface area contributed by atoms with Gasteiger partial charge in [-0.25, -0.2) is 0 Å². The van der Waals surface area contributed by atoms with Gasteiger partial charge in [0.2, 0.25) is 0 Å². The normalized spacial score (nSPS) is 40.2. The molecule has 0 radical (unpaired) electrons. The van der Waals surface area contributed by atoms with Crippen LogP contribution >= 0.6 is 0 Å². The molecule has 1 saturated carbocycles. The van der Waals surface area contributed by atoms with Crippen molar-refractivity contribution in [2.45, 2.75) is 137 Å². The van der Waals surface area contributed by atoms with E-state index in [1.807, 2.05) is 16.7 Å². The molecule has 198 valence electrons. The zero-order valence-electron chi connectivity index (χ0n) is 23.6. The number of hydrogen-bond acceptors (Lipinski definition) is 2. The molecule has 1 saturated heterocycles. The van der Waals surface area contributed by atoms with Gasteiger partial charge in [0, 0.05) is 6.61 Å². The molecule has 0 spiro atoms. The van der Waals surface area contributed by atoms with Crippen molar-refractivity contribution in [1.82, 2.24) is 0 Å².